The third kappa shape index (κ3) is 2.58. The maximum Gasteiger partial charge on any atom is 0.193 e. The van der Waals surface area contributed by atoms with Crippen LogP contribution < -0.4 is 0 Å². The average Bonchev–Trinajstić information content (AvgIpc) is 3.02. The molecular weight excluding hydrogens is 268 g/mol. The van der Waals surface area contributed by atoms with Crippen LogP contribution in [-0.2, 0) is 16.3 Å². The number of hydrogen-bond donors (Lipinski definition) is 0. The molecule has 2 aromatic carbocycles. The van der Waals surface area contributed by atoms with E-state index in [0.29, 0.717) is 0 Å². The van der Waals surface area contributed by atoms with Crippen LogP contribution in [0.4, 0.5) is 0 Å². The van der Waals surface area contributed by atoms with Crippen molar-refractivity contribution in [1.82, 2.24) is 0 Å². The van der Waals surface area contributed by atoms with Crippen molar-refractivity contribution in [3.8, 4) is 11.1 Å². The fraction of sp³-hybridized carbons (Fsp3) is 0.0588. The van der Waals surface area contributed by atoms with Crippen LogP contribution in [-0.4, -0.2) is 8.42 Å². The zero-order valence-corrected chi connectivity index (χ0v) is 11.7. The molecule has 4 rings (SSSR count). The molecule has 0 saturated heterocycles. The molecule has 1 aliphatic carbocycles. The Hall–Kier alpha value is -2.13. The summed E-state index contributed by atoms with van der Waals surface area (Å²) in [6.07, 6.45) is 4.09. The van der Waals surface area contributed by atoms with Gasteiger partial charge in [-0.25, -0.2) is 8.42 Å². The monoisotopic (exact) mass is 282 g/mol. The standard InChI is InChI=1S/C13H10.C4H4O2S/c1-3-7-12-10(5-1)9-11-6-2-4-8-13(11)12;5-7(6)3-1-2-4-7/h1-8H,9H2;1-4H. The van der Waals surface area contributed by atoms with Crippen molar-refractivity contribution < 1.29 is 8.42 Å². The second-order valence-corrected chi connectivity index (χ2v) is 6.46. The highest BCUT2D eigenvalue weighted by molar-refractivity contribution is 7.97. The molecule has 2 nitrogen and oxygen atoms in total. The second kappa shape index (κ2) is 5.10. The maximum atomic E-state index is 10.3. The Morgan fingerprint density at radius 1 is 0.700 bits per heavy atom. The highest BCUT2D eigenvalue weighted by Crippen LogP contribution is 2.35. The molecule has 0 saturated carbocycles. The van der Waals surface area contributed by atoms with Crippen molar-refractivity contribution >= 4 is 9.84 Å². The van der Waals surface area contributed by atoms with Crippen LogP contribution in [0.15, 0.2) is 71.5 Å². The van der Waals surface area contributed by atoms with E-state index < -0.39 is 9.84 Å². The van der Waals surface area contributed by atoms with Crippen LogP contribution in [0.25, 0.3) is 11.1 Å². The summed E-state index contributed by atoms with van der Waals surface area (Å²) >= 11 is 0. The lowest BCUT2D eigenvalue weighted by molar-refractivity contribution is 0.613. The van der Waals surface area contributed by atoms with Gasteiger partial charge in [-0.3, -0.25) is 0 Å². The smallest absolute Gasteiger partial charge is 0.193 e. The van der Waals surface area contributed by atoms with Crippen molar-refractivity contribution in [3.05, 3.63) is 82.6 Å². The summed E-state index contributed by atoms with van der Waals surface area (Å²) < 4.78 is 20.5. The lowest BCUT2D eigenvalue weighted by Gasteiger charge is -1.98. The average molecular weight is 282 g/mol. The minimum Gasteiger partial charge on any atom is -0.220 e. The summed E-state index contributed by atoms with van der Waals surface area (Å²) in [6.45, 7) is 0. The van der Waals surface area contributed by atoms with Crippen LogP contribution in [0, 0.1) is 0 Å². The largest absolute Gasteiger partial charge is 0.220 e. The molecule has 0 atom stereocenters. The first-order valence-electron chi connectivity index (χ1n) is 6.42. The summed E-state index contributed by atoms with van der Waals surface area (Å²) in [6, 6.07) is 17.3. The number of allylic oxidation sites excluding steroid dienone is 2. The second-order valence-electron chi connectivity index (χ2n) is 4.74. The number of benzene rings is 2. The molecule has 0 amide bonds. The molecular formula is C17H14O2S. The van der Waals surface area contributed by atoms with Crippen molar-refractivity contribution in [2.24, 2.45) is 0 Å². The van der Waals surface area contributed by atoms with Gasteiger partial charge in [-0.05, 0) is 40.8 Å². The summed E-state index contributed by atoms with van der Waals surface area (Å²) in [5, 5.41) is 2.32. The van der Waals surface area contributed by atoms with Crippen molar-refractivity contribution in [3.63, 3.8) is 0 Å². The third-order valence-corrected chi connectivity index (χ3v) is 4.43. The predicted octanol–water partition coefficient (Wildman–Crippen LogP) is 3.70. The first kappa shape index (κ1) is 12.9. The SMILES string of the molecule is O=S1(=O)C=CC=C1.c1ccc2c(c1)Cc1ccccc1-2. The fourth-order valence-electron chi connectivity index (χ4n) is 2.43. The Morgan fingerprint density at radius 2 is 1.15 bits per heavy atom. The Bertz CT molecular complexity index is 738. The van der Waals surface area contributed by atoms with Gasteiger partial charge in [0.1, 0.15) is 0 Å². The van der Waals surface area contributed by atoms with Crippen molar-refractivity contribution in [1.29, 1.82) is 0 Å². The van der Waals surface area contributed by atoms with Crippen LogP contribution in [0.1, 0.15) is 11.1 Å². The van der Waals surface area contributed by atoms with Crippen LogP contribution in [0.2, 0.25) is 0 Å². The van der Waals surface area contributed by atoms with E-state index in [1.165, 1.54) is 34.4 Å². The van der Waals surface area contributed by atoms with E-state index in [9.17, 15) is 8.42 Å². The molecule has 0 bridgehead atoms. The molecule has 0 fully saturated rings. The van der Waals surface area contributed by atoms with Gasteiger partial charge in [-0.15, -0.1) is 0 Å². The molecule has 2 aromatic rings. The number of fused-ring (bicyclic) bond motifs is 3. The van der Waals surface area contributed by atoms with Crippen LogP contribution in [0.5, 0.6) is 0 Å². The molecule has 100 valence electrons. The Morgan fingerprint density at radius 3 is 1.55 bits per heavy atom. The Labute approximate surface area is 119 Å². The van der Waals surface area contributed by atoms with Crippen LogP contribution >= 0.6 is 0 Å². The van der Waals surface area contributed by atoms with Gasteiger partial charge in [-0.1, -0.05) is 48.5 Å². The molecule has 0 N–H and O–H groups in total. The minimum atomic E-state index is -2.91. The zero-order chi connectivity index (χ0) is 14.0. The van der Waals surface area contributed by atoms with Gasteiger partial charge in [0, 0.05) is 10.8 Å². The van der Waals surface area contributed by atoms with Gasteiger partial charge >= 0.3 is 0 Å². The quantitative estimate of drug-likeness (QED) is 0.630. The molecule has 20 heavy (non-hydrogen) atoms. The van der Waals surface area contributed by atoms with E-state index >= 15 is 0 Å². The molecule has 0 spiro atoms. The van der Waals surface area contributed by atoms with Crippen molar-refractivity contribution in [2.45, 2.75) is 6.42 Å². The Balaban J connectivity index is 0.000000147. The molecule has 0 unspecified atom stereocenters. The molecule has 2 aliphatic rings. The fourth-order valence-corrected chi connectivity index (χ4v) is 3.14. The third-order valence-electron chi connectivity index (χ3n) is 3.35. The van der Waals surface area contributed by atoms with E-state index in [0.717, 1.165) is 17.2 Å². The van der Waals surface area contributed by atoms with Gasteiger partial charge in [0.15, 0.2) is 9.84 Å². The highest BCUT2D eigenvalue weighted by Gasteiger charge is 2.15. The topological polar surface area (TPSA) is 34.1 Å². The number of sulfone groups is 1. The highest BCUT2D eigenvalue weighted by atomic mass is 32.2. The van der Waals surface area contributed by atoms with E-state index in [-0.39, 0.29) is 0 Å². The van der Waals surface area contributed by atoms with Gasteiger partial charge in [0.25, 0.3) is 0 Å². The van der Waals surface area contributed by atoms with E-state index in [2.05, 4.69) is 48.5 Å². The number of rotatable bonds is 0. The molecule has 1 heterocycles. The van der Waals surface area contributed by atoms with Gasteiger partial charge in [-0.2, -0.15) is 0 Å². The van der Waals surface area contributed by atoms with E-state index in [1.807, 2.05) is 0 Å². The molecule has 1 aliphatic heterocycles. The first-order chi connectivity index (χ1) is 9.66. The Kier molecular flexibility index (Phi) is 3.28. The summed E-state index contributed by atoms with van der Waals surface area (Å²) in [5.41, 5.74) is 5.75. The lowest BCUT2D eigenvalue weighted by atomic mass is 10.1. The normalized spacial score (nSPS) is 16.2. The maximum absolute atomic E-state index is 10.3. The molecule has 0 aromatic heterocycles. The zero-order valence-electron chi connectivity index (χ0n) is 10.9. The van der Waals surface area contributed by atoms with Crippen LogP contribution in [0.3, 0.4) is 0 Å². The van der Waals surface area contributed by atoms with Gasteiger partial charge in [0.2, 0.25) is 0 Å². The lowest BCUT2D eigenvalue weighted by Crippen LogP contribution is -1.80. The molecule has 0 radical (unpaired) electrons. The van der Waals surface area contributed by atoms with Gasteiger partial charge in [0.05, 0.1) is 0 Å². The number of hydrogen-bond acceptors (Lipinski definition) is 2. The first-order valence-corrected chi connectivity index (χ1v) is 8.03. The van der Waals surface area contributed by atoms with Crippen molar-refractivity contribution in [2.75, 3.05) is 0 Å². The van der Waals surface area contributed by atoms with E-state index in [4.69, 9.17) is 0 Å². The summed E-state index contributed by atoms with van der Waals surface area (Å²) in [5.74, 6) is 0. The summed E-state index contributed by atoms with van der Waals surface area (Å²) in [7, 11) is -2.91. The molecule has 3 heteroatoms. The van der Waals surface area contributed by atoms with E-state index in [1.54, 1.807) is 0 Å². The van der Waals surface area contributed by atoms with Gasteiger partial charge < -0.3 is 0 Å². The summed E-state index contributed by atoms with van der Waals surface area (Å²) in [4.78, 5) is 0. The predicted molar refractivity (Wildman–Crippen MR) is 81.9 cm³/mol. The minimum absolute atomic E-state index is 1.10.